The lowest BCUT2D eigenvalue weighted by molar-refractivity contribution is -0.133. The summed E-state index contributed by atoms with van der Waals surface area (Å²) in [5.74, 6) is 0.154. The molecule has 4 saturated heterocycles. The van der Waals surface area contributed by atoms with Crippen LogP contribution in [0.3, 0.4) is 0 Å². The van der Waals surface area contributed by atoms with Crippen LogP contribution in [0.4, 0.5) is 20.2 Å². The molecule has 7 rings (SSSR count). The Balaban J connectivity index is 0.889. The highest BCUT2D eigenvalue weighted by Crippen LogP contribution is 2.32. The van der Waals surface area contributed by atoms with Crippen molar-refractivity contribution in [2.24, 2.45) is 5.92 Å². The minimum Gasteiger partial charge on any atom is -0.493 e. The zero-order chi connectivity index (χ0) is 33.9. The predicted molar refractivity (Wildman–Crippen MR) is 184 cm³/mol. The van der Waals surface area contributed by atoms with E-state index in [1.165, 1.54) is 12.1 Å². The third-order valence-electron chi connectivity index (χ3n) is 10.1. The number of nitrogens with zero attached hydrogens (tertiary/aromatic N) is 3. The number of carbonyl (C=O) groups excluding carboxylic acids is 2. The van der Waals surface area contributed by atoms with Gasteiger partial charge in [0.25, 0.3) is 5.56 Å². The van der Waals surface area contributed by atoms with E-state index < -0.39 is 17.4 Å². The molecular weight excluding hydrogens is 654 g/mol. The number of hydrogen-bond donors (Lipinski definition) is 3. The predicted octanol–water partition coefficient (Wildman–Crippen LogP) is 4.20. The summed E-state index contributed by atoms with van der Waals surface area (Å²) in [6.45, 7) is 5.29. The molecule has 262 valence electrons. The summed E-state index contributed by atoms with van der Waals surface area (Å²) >= 11 is 1.76. The average molecular weight is 697 g/mol. The molecule has 0 spiro atoms. The van der Waals surface area contributed by atoms with Crippen molar-refractivity contribution in [2.75, 3.05) is 56.2 Å². The third kappa shape index (κ3) is 8.02. The Labute approximate surface area is 287 Å². The van der Waals surface area contributed by atoms with Gasteiger partial charge >= 0.3 is 0 Å². The van der Waals surface area contributed by atoms with E-state index in [1.54, 1.807) is 30.0 Å². The zero-order valence-electron chi connectivity index (χ0n) is 27.3. The molecule has 1 aromatic heterocycles. The van der Waals surface area contributed by atoms with Crippen LogP contribution in [0.2, 0.25) is 0 Å². The molecule has 0 aliphatic carbocycles. The highest BCUT2D eigenvalue weighted by atomic mass is 32.2. The number of rotatable bonds is 10. The molecule has 0 radical (unpaired) electrons. The highest BCUT2D eigenvalue weighted by molar-refractivity contribution is 7.99. The zero-order valence-corrected chi connectivity index (χ0v) is 28.2. The number of imide groups is 1. The third-order valence-corrected chi connectivity index (χ3v) is 11.5. The van der Waals surface area contributed by atoms with Gasteiger partial charge in [-0.3, -0.25) is 24.6 Å². The molecule has 14 heteroatoms. The van der Waals surface area contributed by atoms with Crippen molar-refractivity contribution in [3.8, 4) is 5.75 Å². The SMILES string of the molecule is O=C1CCC(Nc2ccc(N3CCC(N4CCC(SCc5nc6cc(OCC7CCOCC7)cc(F)c6c(=O)[nH]5)CC4)C3)c(F)c2)C(=O)N1. The van der Waals surface area contributed by atoms with Gasteiger partial charge in [0.2, 0.25) is 11.8 Å². The Hall–Kier alpha value is -3.75. The summed E-state index contributed by atoms with van der Waals surface area (Å²) in [6.07, 6.45) is 5.40. The normalized spacial score (nSPS) is 22.9. The molecule has 3 N–H and O–H groups in total. The molecule has 0 saturated carbocycles. The molecular formula is C35H42F2N6O5S. The van der Waals surface area contributed by atoms with Crippen LogP contribution >= 0.6 is 11.8 Å². The number of hydrogen-bond acceptors (Lipinski definition) is 10. The van der Waals surface area contributed by atoms with E-state index in [9.17, 15) is 18.8 Å². The minimum atomic E-state index is -0.633. The number of ether oxygens (including phenoxy) is 2. The van der Waals surface area contributed by atoms with Crippen molar-refractivity contribution >= 4 is 45.9 Å². The number of nitrogens with one attached hydrogen (secondary N) is 3. The molecule has 2 atom stereocenters. The average Bonchev–Trinajstić information content (AvgIpc) is 3.58. The van der Waals surface area contributed by atoms with Gasteiger partial charge < -0.3 is 24.7 Å². The topological polar surface area (TPSA) is 129 Å². The second-order valence-electron chi connectivity index (χ2n) is 13.4. The van der Waals surface area contributed by atoms with Gasteiger partial charge in [-0.25, -0.2) is 13.8 Å². The lowest BCUT2D eigenvalue weighted by atomic mass is 10.0. The number of aromatic nitrogens is 2. The molecule has 11 nitrogen and oxygen atoms in total. The van der Waals surface area contributed by atoms with E-state index in [4.69, 9.17) is 9.47 Å². The first-order chi connectivity index (χ1) is 23.8. The Morgan fingerprint density at radius 2 is 1.80 bits per heavy atom. The Morgan fingerprint density at radius 1 is 0.980 bits per heavy atom. The van der Waals surface area contributed by atoms with Crippen molar-refractivity contribution < 1.29 is 27.8 Å². The van der Waals surface area contributed by atoms with Crippen LogP contribution in [0.15, 0.2) is 35.1 Å². The van der Waals surface area contributed by atoms with E-state index in [0.717, 1.165) is 58.3 Å². The largest absolute Gasteiger partial charge is 0.493 e. The van der Waals surface area contributed by atoms with Crippen LogP contribution < -0.4 is 25.8 Å². The monoisotopic (exact) mass is 696 g/mol. The van der Waals surface area contributed by atoms with Crippen LogP contribution in [-0.2, 0) is 20.1 Å². The Bertz CT molecular complexity index is 1750. The maximum atomic E-state index is 15.2. The van der Waals surface area contributed by atoms with Gasteiger partial charge in [0.15, 0.2) is 0 Å². The van der Waals surface area contributed by atoms with Crippen molar-refractivity contribution in [2.45, 2.75) is 68.0 Å². The lowest BCUT2D eigenvalue weighted by Gasteiger charge is -2.35. The molecule has 5 heterocycles. The highest BCUT2D eigenvalue weighted by Gasteiger charge is 2.32. The van der Waals surface area contributed by atoms with Crippen LogP contribution in [0.25, 0.3) is 10.9 Å². The van der Waals surface area contributed by atoms with Crippen molar-refractivity contribution in [1.82, 2.24) is 20.2 Å². The van der Waals surface area contributed by atoms with Crippen molar-refractivity contribution in [1.29, 1.82) is 0 Å². The maximum absolute atomic E-state index is 15.2. The molecule has 0 bridgehead atoms. The van der Waals surface area contributed by atoms with E-state index in [0.29, 0.717) is 77.7 Å². The number of fused-ring (bicyclic) bond motifs is 1. The van der Waals surface area contributed by atoms with Crippen LogP contribution in [-0.4, -0.2) is 90.0 Å². The molecule has 49 heavy (non-hydrogen) atoms. The number of aromatic amines is 1. The van der Waals surface area contributed by atoms with Gasteiger partial charge in [-0.05, 0) is 75.7 Å². The molecule has 4 aliphatic rings. The summed E-state index contributed by atoms with van der Waals surface area (Å²) in [5.41, 5.74) is 0.891. The number of amides is 2. The number of piperidine rings is 2. The number of halogens is 2. The van der Waals surface area contributed by atoms with Crippen molar-refractivity contribution in [3.63, 3.8) is 0 Å². The van der Waals surface area contributed by atoms with Gasteiger partial charge in [-0.1, -0.05) is 0 Å². The van der Waals surface area contributed by atoms with E-state index in [1.807, 2.05) is 0 Å². The summed E-state index contributed by atoms with van der Waals surface area (Å²) in [7, 11) is 0. The Morgan fingerprint density at radius 3 is 2.57 bits per heavy atom. The van der Waals surface area contributed by atoms with E-state index in [-0.39, 0.29) is 29.4 Å². The fourth-order valence-corrected chi connectivity index (χ4v) is 8.35. The number of carbonyl (C=O) groups is 2. The molecule has 3 aromatic rings. The summed E-state index contributed by atoms with van der Waals surface area (Å²) < 4.78 is 41.4. The van der Waals surface area contributed by atoms with Gasteiger partial charge in [0.1, 0.15) is 34.6 Å². The molecule has 2 aromatic carbocycles. The molecule has 4 fully saturated rings. The molecule has 4 aliphatic heterocycles. The number of H-pyrrole nitrogens is 1. The van der Waals surface area contributed by atoms with Crippen molar-refractivity contribution in [3.05, 3.63) is 58.1 Å². The van der Waals surface area contributed by atoms with Gasteiger partial charge in [0.05, 0.1) is 23.6 Å². The lowest BCUT2D eigenvalue weighted by Crippen LogP contribution is -2.47. The summed E-state index contributed by atoms with van der Waals surface area (Å²) in [5, 5.41) is 5.72. The van der Waals surface area contributed by atoms with Gasteiger partial charge in [0, 0.05) is 61.8 Å². The summed E-state index contributed by atoms with van der Waals surface area (Å²) in [4.78, 5) is 48.2. The van der Waals surface area contributed by atoms with Gasteiger partial charge in [-0.15, -0.1) is 0 Å². The maximum Gasteiger partial charge on any atom is 0.261 e. The number of benzene rings is 2. The Kier molecular flexibility index (Phi) is 10.3. The van der Waals surface area contributed by atoms with E-state index in [2.05, 4.69) is 30.4 Å². The first kappa shape index (κ1) is 33.7. The van der Waals surface area contributed by atoms with Crippen LogP contribution in [0.1, 0.15) is 50.8 Å². The summed E-state index contributed by atoms with van der Waals surface area (Å²) in [6, 6.07) is 7.66. The smallest absolute Gasteiger partial charge is 0.261 e. The first-order valence-corrected chi connectivity index (χ1v) is 18.3. The second kappa shape index (κ2) is 15.0. The van der Waals surface area contributed by atoms with Crippen LogP contribution in [0.5, 0.6) is 5.75 Å². The van der Waals surface area contributed by atoms with Crippen LogP contribution in [0, 0.1) is 17.6 Å². The quantitative estimate of drug-likeness (QED) is 0.266. The number of anilines is 2. The fourth-order valence-electron chi connectivity index (χ4n) is 7.28. The van der Waals surface area contributed by atoms with Gasteiger partial charge in [-0.2, -0.15) is 11.8 Å². The standard InChI is InChI=1S/C35H42F2N6O5S/c36-26-15-22(38-28-2-4-32(44)41-34(28)45)1-3-30(26)43-10-5-23(18-43)42-11-6-25(7-12-42)49-20-31-39-29-17-24(16-27(37)33(29)35(46)40-31)48-19-21-8-13-47-14-9-21/h1,3,15-17,21,23,25,28,38H,2,4-14,18-20H2,(H,39,40,46)(H,41,44,45). The molecule has 2 amide bonds. The van der Waals surface area contributed by atoms with E-state index >= 15 is 4.39 Å². The molecule has 2 unspecified atom stereocenters. The fraction of sp³-hybridized carbons (Fsp3) is 0.543. The minimum absolute atomic E-state index is 0.0502. The first-order valence-electron chi connectivity index (χ1n) is 17.2. The number of likely N-dealkylation sites (tertiary alicyclic amines) is 1. The second-order valence-corrected chi connectivity index (χ2v) is 14.7. The number of thioether (sulfide) groups is 1.